The van der Waals surface area contributed by atoms with Gasteiger partial charge in [-0.05, 0) is 25.0 Å². The van der Waals surface area contributed by atoms with Gasteiger partial charge >= 0.3 is 5.97 Å². The van der Waals surface area contributed by atoms with E-state index in [9.17, 15) is 4.79 Å². The third-order valence-corrected chi connectivity index (χ3v) is 3.11. The monoisotopic (exact) mass is 257 g/mol. The van der Waals surface area contributed by atoms with Gasteiger partial charge in [0, 0.05) is 4.47 Å². The molecule has 3 nitrogen and oxygen atoms in total. The van der Waals surface area contributed by atoms with Crippen LogP contribution in [-0.4, -0.2) is 11.1 Å². The van der Waals surface area contributed by atoms with Gasteiger partial charge in [-0.1, -0.05) is 33.6 Å². The summed E-state index contributed by atoms with van der Waals surface area (Å²) in [6, 6.07) is 2.79. The average Bonchev–Trinajstić information content (AvgIpc) is 2.09. The van der Waals surface area contributed by atoms with Gasteiger partial charge in [0.1, 0.15) is 6.04 Å². The standard InChI is InChI=1S/C10H12BrNO2/c1-5-3-6(2)8(11)7(4-5)9(12)10(13)14/h3-4,9H,12H2,1-2H3,(H,13,14). The van der Waals surface area contributed by atoms with Crippen molar-refractivity contribution >= 4 is 21.9 Å². The van der Waals surface area contributed by atoms with Crippen LogP contribution in [0.2, 0.25) is 0 Å². The van der Waals surface area contributed by atoms with Crippen molar-refractivity contribution in [3.8, 4) is 0 Å². The predicted molar refractivity (Wildman–Crippen MR) is 58.2 cm³/mol. The highest BCUT2D eigenvalue weighted by Crippen LogP contribution is 2.27. The van der Waals surface area contributed by atoms with Crippen LogP contribution in [0.3, 0.4) is 0 Å². The number of hydrogen-bond acceptors (Lipinski definition) is 2. The molecule has 1 aromatic rings. The van der Waals surface area contributed by atoms with E-state index >= 15 is 0 Å². The fourth-order valence-corrected chi connectivity index (χ4v) is 1.82. The molecule has 0 aliphatic carbocycles. The number of aliphatic carboxylic acids is 1. The van der Waals surface area contributed by atoms with Crippen molar-refractivity contribution in [3.63, 3.8) is 0 Å². The maximum Gasteiger partial charge on any atom is 0.325 e. The number of rotatable bonds is 2. The Bertz CT molecular complexity index is 377. The van der Waals surface area contributed by atoms with Crippen LogP contribution in [0.25, 0.3) is 0 Å². The van der Waals surface area contributed by atoms with Crippen LogP contribution < -0.4 is 5.73 Å². The summed E-state index contributed by atoms with van der Waals surface area (Å²) >= 11 is 3.34. The summed E-state index contributed by atoms with van der Waals surface area (Å²) in [6.07, 6.45) is 0. The Balaban J connectivity index is 3.26. The van der Waals surface area contributed by atoms with Gasteiger partial charge in [0.15, 0.2) is 0 Å². The molecule has 0 aliphatic rings. The second kappa shape index (κ2) is 4.11. The number of aryl methyl sites for hydroxylation is 2. The Morgan fingerprint density at radius 1 is 1.50 bits per heavy atom. The quantitative estimate of drug-likeness (QED) is 0.854. The molecule has 1 atom stereocenters. The molecule has 0 fully saturated rings. The van der Waals surface area contributed by atoms with E-state index in [0.29, 0.717) is 5.56 Å². The van der Waals surface area contributed by atoms with Gasteiger partial charge in [-0.15, -0.1) is 0 Å². The highest BCUT2D eigenvalue weighted by atomic mass is 79.9. The third kappa shape index (κ3) is 2.13. The SMILES string of the molecule is Cc1cc(C)c(Br)c(C(N)C(=O)O)c1. The highest BCUT2D eigenvalue weighted by Gasteiger charge is 2.18. The van der Waals surface area contributed by atoms with E-state index in [1.807, 2.05) is 19.9 Å². The molecule has 0 spiro atoms. The predicted octanol–water partition coefficient (Wildman–Crippen LogP) is 2.15. The Hall–Kier alpha value is -0.870. The number of hydrogen-bond donors (Lipinski definition) is 2. The van der Waals surface area contributed by atoms with Gasteiger partial charge in [0.2, 0.25) is 0 Å². The summed E-state index contributed by atoms with van der Waals surface area (Å²) in [5.41, 5.74) is 8.18. The van der Waals surface area contributed by atoms with Gasteiger partial charge in [-0.25, -0.2) is 0 Å². The summed E-state index contributed by atoms with van der Waals surface area (Å²) in [7, 11) is 0. The van der Waals surface area contributed by atoms with Gasteiger partial charge in [-0.2, -0.15) is 0 Å². The maximum absolute atomic E-state index is 10.7. The molecule has 0 radical (unpaired) electrons. The van der Waals surface area contributed by atoms with Crippen molar-refractivity contribution in [3.05, 3.63) is 33.3 Å². The van der Waals surface area contributed by atoms with Crippen molar-refractivity contribution < 1.29 is 9.90 Å². The van der Waals surface area contributed by atoms with Crippen LogP contribution in [0.4, 0.5) is 0 Å². The van der Waals surface area contributed by atoms with E-state index < -0.39 is 12.0 Å². The topological polar surface area (TPSA) is 63.3 Å². The molecular weight excluding hydrogens is 246 g/mol. The van der Waals surface area contributed by atoms with Crippen LogP contribution in [0.15, 0.2) is 16.6 Å². The molecule has 0 saturated heterocycles. The summed E-state index contributed by atoms with van der Waals surface area (Å²) in [4.78, 5) is 10.7. The van der Waals surface area contributed by atoms with Gasteiger partial charge in [-0.3, -0.25) is 4.79 Å². The summed E-state index contributed by atoms with van der Waals surface area (Å²) in [6.45, 7) is 3.83. The maximum atomic E-state index is 10.7. The summed E-state index contributed by atoms with van der Waals surface area (Å²) < 4.78 is 0.776. The van der Waals surface area contributed by atoms with Gasteiger partial charge < -0.3 is 10.8 Å². The van der Waals surface area contributed by atoms with Crippen LogP contribution in [0.5, 0.6) is 0 Å². The van der Waals surface area contributed by atoms with Crippen molar-refractivity contribution in [1.82, 2.24) is 0 Å². The van der Waals surface area contributed by atoms with Crippen molar-refractivity contribution in [1.29, 1.82) is 0 Å². The molecule has 0 amide bonds. The Kier molecular flexibility index (Phi) is 3.29. The van der Waals surface area contributed by atoms with Crippen molar-refractivity contribution in [2.75, 3.05) is 0 Å². The molecule has 0 bridgehead atoms. The first-order valence-corrected chi connectivity index (χ1v) is 4.98. The lowest BCUT2D eigenvalue weighted by Gasteiger charge is -2.12. The van der Waals surface area contributed by atoms with E-state index in [1.54, 1.807) is 6.07 Å². The lowest BCUT2D eigenvalue weighted by molar-refractivity contribution is -0.138. The second-order valence-corrected chi connectivity index (χ2v) is 4.09. The first kappa shape index (κ1) is 11.2. The molecule has 76 valence electrons. The molecule has 1 unspecified atom stereocenters. The van der Waals surface area contributed by atoms with E-state index in [2.05, 4.69) is 15.9 Å². The molecule has 4 heteroatoms. The zero-order valence-electron chi connectivity index (χ0n) is 8.04. The molecule has 1 rings (SSSR count). The lowest BCUT2D eigenvalue weighted by atomic mass is 10.0. The Labute approximate surface area is 91.1 Å². The Morgan fingerprint density at radius 2 is 2.07 bits per heavy atom. The molecule has 14 heavy (non-hydrogen) atoms. The van der Waals surface area contributed by atoms with Crippen LogP contribution >= 0.6 is 15.9 Å². The molecule has 0 heterocycles. The van der Waals surface area contributed by atoms with E-state index in [4.69, 9.17) is 10.8 Å². The minimum atomic E-state index is -1.02. The lowest BCUT2D eigenvalue weighted by Crippen LogP contribution is -2.21. The fourth-order valence-electron chi connectivity index (χ4n) is 1.34. The first-order valence-electron chi connectivity index (χ1n) is 4.18. The molecular formula is C10H12BrNO2. The van der Waals surface area contributed by atoms with Crippen LogP contribution in [0, 0.1) is 13.8 Å². The van der Waals surface area contributed by atoms with Crippen molar-refractivity contribution in [2.24, 2.45) is 5.73 Å². The summed E-state index contributed by atoms with van der Waals surface area (Å²) in [5, 5.41) is 8.80. The number of carboxylic acids is 1. The molecule has 3 N–H and O–H groups in total. The summed E-state index contributed by atoms with van der Waals surface area (Å²) in [5.74, 6) is -1.02. The number of carboxylic acid groups (broad SMARTS) is 1. The van der Waals surface area contributed by atoms with Crippen molar-refractivity contribution in [2.45, 2.75) is 19.9 Å². The normalized spacial score (nSPS) is 12.6. The molecule has 0 aliphatic heterocycles. The average molecular weight is 258 g/mol. The van der Waals surface area contributed by atoms with Gasteiger partial charge in [0.25, 0.3) is 0 Å². The number of carbonyl (C=O) groups is 1. The largest absolute Gasteiger partial charge is 0.480 e. The third-order valence-electron chi connectivity index (χ3n) is 2.03. The molecule has 1 aromatic carbocycles. The Morgan fingerprint density at radius 3 is 2.57 bits per heavy atom. The zero-order valence-corrected chi connectivity index (χ0v) is 9.63. The minimum absolute atomic E-state index is 0.620. The van der Waals surface area contributed by atoms with E-state index in [0.717, 1.165) is 15.6 Å². The smallest absolute Gasteiger partial charge is 0.325 e. The number of halogens is 1. The zero-order chi connectivity index (χ0) is 10.9. The van der Waals surface area contributed by atoms with E-state index in [1.165, 1.54) is 0 Å². The van der Waals surface area contributed by atoms with Gasteiger partial charge in [0.05, 0.1) is 0 Å². The molecule has 0 saturated carbocycles. The van der Waals surface area contributed by atoms with Crippen LogP contribution in [0.1, 0.15) is 22.7 Å². The highest BCUT2D eigenvalue weighted by molar-refractivity contribution is 9.10. The van der Waals surface area contributed by atoms with E-state index in [-0.39, 0.29) is 0 Å². The second-order valence-electron chi connectivity index (χ2n) is 3.30. The van der Waals surface area contributed by atoms with Crippen LogP contribution in [-0.2, 0) is 4.79 Å². The molecule has 0 aromatic heterocycles. The first-order chi connectivity index (χ1) is 6.43. The minimum Gasteiger partial charge on any atom is -0.480 e. The number of benzene rings is 1. The fraction of sp³-hybridized carbons (Fsp3) is 0.300. The number of nitrogens with two attached hydrogens (primary N) is 1.